The van der Waals surface area contributed by atoms with Gasteiger partial charge in [0.25, 0.3) is 0 Å². The molecular formula is C14H11BrF2N2O. The normalized spacial score (nSPS) is 10.3. The second-order valence-electron chi connectivity index (χ2n) is 4.06. The Bertz CT molecular complexity index is 662. The van der Waals surface area contributed by atoms with Crippen LogP contribution in [-0.2, 0) is 6.61 Å². The van der Waals surface area contributed by atoms with Crippen molar-refractivity contribution in [1.29, 1.82) is 5.41 Å². The topological polar surface area (TPSA) is 59.1 Å². The van der Waals surface area contributed by atoms with Crippen LogP contribution in [0.4, 0.5) is 8.78 Å². The van der Waals surface area contributed by atoms with Gasteiger partial charge in [-0.3, -0.25) is 5.41 Å². The Labute approximate surface area is 123 Å². The Balaban J connectivity index is 2.15. The maximum atomic E-state index is 13.7. The van der Waals surface area contributed by atoms with Crippen LogP contribution in [0.15, 0.2) is 40.9 Å². The molecule has 0 aliphatic carbocycles. The molecule has 0 fully saturated rings. The van der Waals surface area contributed by atoms with Crippen LogP contribution in [0.2, 0.25) is 0 Å². The Morgan fingerprint density at radius 1 is 1.20 bits per heavy atom. The van der Waals surface area contributed by atoms with Gasteiger partial charge < -0.3 is 10.5 Å². The number of benzene rings is 2. The molecule has 0 saturated carbocycles. The lowest BCUT2D eigenvalue weighted by Crippen LogP contribution is -2.11. The third-order valence-corrected chi connectivity index (χ3v) is 3.55. The van der Waals surface area contributed by atoms with Crippen LogP contribution in [0.25, 0.3) is 0 Å². The van der Waals surface area contributed by atoms with Gasteiger partial charge in [0.05, 0.1) is 4.47 Å². The minimum Gasteiger partial charge on any atom is -0.486 e. The van der Waals surface area contributed by atoms with Gasteiger partial charge in [0.2, 0.25) is 0 Å². The van der Waals surface area contributed by atoms with Crippen LogP contribution in [0.5, 0.6) is 5.75 Å². The fraction of sp³-hybridized carbons (Fsp3) is 0.0714. The first-order valence-corrected chi connectivity index (χ1v) is 6.48. The summed E-state index contributed by atoms with van der Waals surface area (Å²) in [5, 5.41) is 7.21. The first kappa shape index (κ1) is 14.5. The predicted octanol–water partition coefficient (Wildman–Crippen LogP) is 3.59. The molecule has 20 heavy (non-hydrogen) atoms. The van der Waals surface area contributed by atoms with Gasteiger partial charge in [-0.15, -0.1) is 0 Å². The number of nitrogens with two attached hydrogens (primary N) is 1. The van der Waals surface area contributed by atoms with E-state index in [1.54, 1.807) is 12.1 Å². The van der Waals surface area contributed by atoms with Crippen molar-refractivity contribution in [2.45, 2.75) is 6.61 Å². The first-order valence-electron chi connectivity index (χ1n) is 5.68. The summed E-state index contributed by atoms with van der Waals surface area (Å²) in [6.07, 6.45) is 0. The highest BCUT2D eigenvalue weighted by Gasteiger charge is 2.09. The summed E-state index contributed by atoms with van der Waals surface area (Å²) in [6, 6.07) is 8.54. The number of halogens is 3. The molecule has 0 spiro atoms. The quantitative estimate of drug-likeness (QED) is 0.660. The van der Waals surface area contributed by atoms with Gasteiger partial charge in [-0.1, -0.05) is 12.1 Å². The van der Waals surface area contributed by atoms with Crippen molar-refractivity contribution in [3.05, 3.63) is 63.6 Å². The molecule has 0 aliphatic rings. The highest BCUT2D eigenvalue weighted by molar-refractivity contribution is 9.10. The second-order valence-corrected chi connectivity index (χ2v) is 4.85. The molecule has 0 heterocycles. The average molecular weight is 341 g/mol. The molecule has 3 nitrogen and oxygen atoms in total. The minimum atomic E-state index is -0.620. The van der Waals surface area contributed by atoms with Crippen molar-refractivity contribution < 1.29 is 13.5 Å². The number of rotatable bonds is 4. The van der Waals surface area contributed by atoms with E-state index in [9.17, 15) is 8.78 Å². The molecule has 0 bridgehead atoms. The zero-order valence-corrected chi connectivity index (χ0v) is 11.9. The van der Waals surface area contributed by atoms with Gasteiger partial charge in [-0.05, 0) is 40.2 Å². The summed E-state index contributed by atoms with van der Waals surface area (Å²) in [7, 11) is 0. The number of hydrogen-bond acceptors (Lipinski definition) is 2. The third kappa shape index (κ3) is 3.14. The van der Waals surface area contributed by atoms with E-state index in [-0.39, 0.29) is 23.8 Å². The number of nitrogens with one attached hydrogen (secondary N) is 1. The number of amidine groups is 1. The SMILES string of the molecule is N=C(N)c1ccc(OCc2cccc(F)c2Br)c(F)c1. The van der Waals surface area contributed by atoms with E-state index in [0.29, 0.717) is 10.0 Å². The fourth-order valence-electron chi connectivity index (χ4n) is 1.60. The number of nitrogen functional groups attached to an aromatic ring is 1. The zero-order valence-electron chi connectivity index (χ0n) is 10.3. The fourth-order valence-corrected chi connectivity index (χ4v) is 1.98. The molecule has 0 radical (unpaired) electrons. The lowest BCUT2D eigenvalue weighted by molar-refractivity contribution is 0.289. The Morgan fingerprint density at radius 2 is 1.95 bits per heavy atom. The molecular weight excluding hydrogens is 330 g/mol. The highest BCUT2D eigenvalue weighted by atomic mass is 79.9. The third-order valence-electron chi connectivity index (χ3n) is 2.66. The molecule has 2 aromatic rings. The van der Waals surface area contributed by atoms with Crippen LogP contribution in [0.1, 0.15) is 11.1 Å². The van der Waals surface area contributed by atoms with Gasteiger partial charge in [0, 0.05) is 11.1 Å². The highest BCUT2D eigenvalue weighted by Crippen LogP contribution is 2.24. The number of ether oxygens (including phenoxy) is 1. The summed E-state index contributed by atoms with van der Waals surface area (Å²) in [5.74, 6) is -1.22. The van der Waals surface area contributed by atoms with E-state index in [0.717, 1.165) is 6.07 Å². The molecule has 104 valence electrons. The molecule has 0 amide bonds. The summed E-state index contributed by atoms with van der Waals surface area (Å²) in [6.45, 7) is 0.0225. The van der Waals surface area contributed by atoms with Crippen LogP contribution in [0, 0.1) is 17.0 Å². The zero-order chi connectivity index (χ0) is 14.7. The minimum absolute atomic E-state index is 0.0196. The van der Waals surface area contributed by atoms with E-state index in [1.165, 1.54) is 18.2 Å². The van der Waals surface area contributed by atoms with E-state index < -0.39 is 11.6 Å². The Morgan fingerprint density at radius 3 is 2.60 bits per heavy atom. The lowest BCUT2D eigenvalue weighted by Gasteiger charge is -2.10. The van der Waals surface area contributed by atoms with Crippen LogP contribution in [-0.4, -0.2) is 5.84 Å². The Kier molecular flexibility index (Phi) is 4.34. The van der Waals surface area contributed by atoms with Crippen molar-refractivity contribution >= 4 is 21.8 Å². The maximum Gasteiger partial charge on any atom is 0.165 e. The van der Waals surface area contributed by atoms with Gasteiger partial charge in [-0.2, -0.15) is 0 Å². The van der Waals surface area contributed by atoms with Crippen LogP contribution >= 0.6 is 15.9 Å². The predicted molar refractivity (Wildman–Crippen MR) is 75.8 cm³/mol. The molecule has 2 rings (SSSR count). The van der Waals surface area contributed by atoms with Gasteiger partial charge in [-0.25, -0.2) is 8.78 Å². The van der Waals surface area contributed by atoms with E-state index in [2.05, 4.69) is 15.9 Å². The maximum absolute atomic E-state index is 13.7. The molecule has 0 aromatic heterocycles. The largest absolute Gasteiger partial charge is 0.486 e. The molecule has 0 atom stereocenters. The van der Waals surface area contributed by atoms with Gasteiger partial charge in [0.1, 0.15) is 18.3 Å². The smallest absolute Gasteiger partial charge is 0.165 e. The molecule has 0 unspecified atom stereocenters. The molecule has 2 aromatic carbocycles. The average Bonchev–Trinajstić information content (AvgIpc) is 2.41. The first-order chi connectivity index (χ1) is 9.49. The van der Waals surface area contributed by atoms with Gasteiger partial charge >= 0.3 is 0 Å². The molecule has 0 aliphatic heterocycles. The second kappa shape index (κ2) is 6.00. The van der Waals surface area contributed by atoms with Crippen molar-refractivity contribution in [1.82, 2.24) is 0 Å². The summed E-state index contributed by atoms with van der Waals surface area (Å²) >= 11 is 3.11. The van der Waals surface area contributed by atoms with Crippen molar-refractivity contribution in [2.75, 3.05) is 0 Å². The van der Waals surface area contributed by atoms with E-state index in [4.69, 9.17) is 15.9 Å². The standard InChI is InChI=1S/C14H11BrF2N2O/c15-13-9(2-1-3-10(13)16)7-20-12-5-4-8(14(18)19)6-11(12)17/h1-6H,7H2,(H3,18,19). The summed E-state index contributed by atoms with van der Waals surface area (Å²) in [4.78, 5) is 0. The van der Waals surface area contributed by atoms with Crippen molar-refractivity contribution in [3.8, 4) is 5.75 Å². The van der Waals surface area contributed by atoms with Crippen molar-refractivity contribution in [3.63, 3.8) is 0 Å². The molecule has 6 heteroatoms. The summed E-state index contributed by atoms with van der Waals surface area (Å²) in [5.41, 5.74) is 6.11. The lowest BCUT2D eigenvalue weighted by atomic mass is 10.2. The summed E-state index contributed by atoms with van der Waals surface area (Å²) < 4.78 is 32.6. The van der Waals surface area contributed by atoms with Crippen LogP contribution in [0.3, 0.4) is 0 Å². The Hall–Kier alpha value is -1.95. The van der Waals surface area contributed by atoms with Gasteiger partial charge in [0.15, 0.2) is 11.6 Å². The van der Waals surface area contributed by atoms with Crippen molar-refractivity contribution in [2.24, 2.45) is 5.73 Å². The monoisotopic (exact) mass is 340 g/mol. The molecule has 3 N–H and O–H groups in total. The van der Waals surface area contributed by atoms with E-state index in [1.807, 2.05) is 0 Å². The molecule has 0 saturated heterocycles. The van der Waals surface area contributed by atoms with E-state index >= 15 is 0 Å². The van der Waals surface area contributed by atoms with Crippen LogP contribution < -0.4 is 10.5 Å². The number of hydrogen-bond donors (Lipinski definition) is 2.